The molecule has 9 N–H and O–H groups in total. The molecule has 38 heteroatoms. The molecule has 10 rings (SSSR count). The second kappa shape index (κ2) is 63.3. The minimum Gasteiger partial charge on any atom is -0.393 e. The van der Waals surface area contributed by atoms with Crippen LogP contribution in [0.15, 0.2) is 0 Å². The van der Waals surface area contributed by atoms with Gasteiger partial charge in [-0.2, -0.15) is 0 Å². The fraction of sp³-hybridized carbons (Fsp3) is 0.917. The van der Waals surface area contributed by atoms with Crippen LogP contribution in [-0.2, 0) is 43.2 Å². The van der Waals surface area contributed by atoms with Gasteiger partial charge < -0.3 is 90.1 Å². The summed E-state index contributed by atoms with van der Waals surface area (Å²) < 4.78 is 25.6. The first-order valence-electron chi connectivity index (χ1n) is 55.0. The van der Waals surface area contributed by atoms with Crippen LogP contribution in [0.5, 0.6) is 0 Å². The number of hydrogen-bond donors (Lipinski definition) is 9. The Hall–Kier alpha value is -5.63. The van der Waals surface area contributed by atoms with E-state index in [0.29, 0.717) is 100 Å². The molecule has 0 aromatic rings. The summed E-state index contributed by atoms with van der Waals surface area (Å²) in [6.07, 6.45) is -0.931. The van der Waals surface area contributed by atoms with Gasteiger partial charge in [-0.25, -0.2) is 8.78 Å². The molecule has 0 bridgehead atoms. The number of hydrogen-bond acceptors (Lipinski definition) is 27. The maximum absolute atomic E-state index is 12.8. The molecule has 9 heterocycles. The standard InChI is InChI=1S/C14H26N2O2.3C13H26N2O2.C12H24N2O2.C11H20F2N2O2.2C11H22N2O2.C10H20N2O2/c1-11(2)15-7-8-16(14(10-15)5-6-14)12(17)9-13(3,4)18;1-10(2)11(16)12(17)14-6-8-15(9-7-14)13(3,4)5;1-10(2)9-12(16)13(17)15-7-5-14(6-8-15)11(3)4;1-5-13(4,17)10-12(16)15-8-6-14(7-9-15)11(2)3;1-10(2)13-5-7-14(8-6-13)11(15)9-12(3,4)16;1-8(2)14-4-6-15(7-5-14)10(17)9(16)11(3,12)13;1-9(2)12-5-7-13(8-6-12)10(14)11(3,4)15;1-9(2)12-4-6-13(7-5-12)11(15)8-10(3)14;1-8(2)11-4-6-12(7-5-11)10(14)9(3)13/h11,18H,5-10H2,1-4H3;10-11,16H,6-9H2,1-5H3;10-12,16H,5-9H2,1-4H3;11,17H,5-10H2,1-4H3;10,16H,5-9H2,1-4H3;8-9,16H,4-7H2,1-3H3;9,15H,5-8H2,1-4H3;9-10,14H,4-8H2,1-3H3;8-9,13H,4-7H2,1-3H3. The molecule has 6 atom stereocenters. The van der Waals surface area contributed by atoms with E-state index in [0.717, 1.165) is 216 Å². The lowest BCUT2D eigenvalue weighted by atomic mass is 9.98. The van der Waals surface area contributed by atoms with Crippen molar-refractivity contribution >= 4 is 53.2 Å². The molecule has 0 aromatic carbocycles. The smallest absolute Gasteiger partial charge is 0.279 e. The number of aliphatic hydroxyl groups excluding tert-OH is 5. The van der Waals surface area contributed by atoms with Crippen molar-refractivity contribution in [1.82, 2.24) is 88.2 Å². The summed E-state index contributed by atoms with van der Waals surface area (Å²) in [6, 6.07) is 4.19. The van der Waals surface area contributed by atoms with Crippen molar-refractivity contribution in [2.45, 2.75) is 405 Å². The Bertz CT molecular complexity index is 3740. The van der Waals surface area contributed by atoms with Crippen LogP contribution in [0.3, 0.4) is 0 Å². The van der Waals surface area contributed by atoms with Crippen LogP contribution >= 0.6 is 0 Å². The van der Waals surface area contributed by atoms with E-state index < -0.39 is 64.8 Å². The number of nitrogens with zero attached hydrogens (tertiary/aromatic N) is 18. The molecule has 1 saturated carbocycles. The third-order valence-corrected chi connectivity index (χ3v) is 29.1. The van der Waals surface area contributed by atoms with Crippen molar-refractivity contribution in [1.29, 1.82) is 0 Å². The molecule has 9 amide bonds. The molecule has 10 fully saturated rings. The van der Waals surface area contributed by atoms with E-state index in [1.165, 1.54) is 11.8 Å². The molecule has 0 radical (unpaired) electrons. The first-order chi connectivity index (χ1) is 67.1. The monoisotopic (exact) mass is 2090 g/mol. The number of aliphatic hydroxyl groups is 9. The molecule has 10 aliphatic rings. The fourth-order valence-corrected chi connectivity index (χ4v) is 18.5. The first-order valence-corrected chi connectivity index (χ1v) is 55.0. The molecular weight excluding hydrogens is 1880 g/mol. The van der Waals surface area contributed by atoms with Crippen LogP contribution in [0.25, 0.3) is 0 Å². The molecule has 146 heavy (non-hydrogen) atoms. The predicted octanol–water partition coefficient (Wildman–Crippen LogP) is 6.01. The Kier molecular flexibility index (Phi) is 59.1. The summed E-state index contributed by atoms with van der Waals surface area (Å²) in [7, 11) is 0. The highest BCUT2D eigenvalue weighted by Gasteiger charge is 2.54. The summed E-state index contributed by atoms with van der Waals surface area (Å²) in [5, 5.41) is 86.0. The second-order valence-corrected chi connectivity index (χ2v) is 48.1. The Morgan fingerprint density at radius 2 is 0.589 bits per heavy atom. The van der Waals surface area contributed by atoms with E-state index in [-0.39, 0.29) is 89.9 Å². The minimum atomic E-state index is -3.38. The Morgan fingerprint density at radius 3 is 0.856 bits per heavy atom. The molecule has 0 aromatic heterocycles. The van der Waals surface area contributed by atoms with E-state index in [1.54, 1.807) is 75.0 Å². The van der Waals surface area contributed by atoms with Crippen molar-refractivity contribution in [2.24, 2.45) is 11.8 Å². The first kappa shape index (κ1) is 136. The van der Waals surface area contributed by atoms with E-state index in [2.05, 4.69) is 162 Å². The highest BCUT2D eigenvalue weighted by molar-refractivity contribution is 5.85. The van der Waals surface area contributed by atoms with E-state index in [1.807, 2.05) is 68.1 Å². The second-order valence-electron chi connectivity index (χ2n) is 48.1. The number of rotatable bonds is 26. The summed E-state index contributed by atoms with van der Waals surface area (Å²) >= 11 is 0. The average molecular weight is 2090 g/mol. The minimum absolute atomic E-state index is 0.0110. The SMILES string of the molecule is CC(C)C(O)C(=O)N1CCN(C(C)(C)C)CC1.CC(C)CC(O)C(=O)N1CCN(C(C)C)CC1.CC(C)N1CCN(C(=O)C(C)(C)O)CC1.CC(C)N1CCN(C(=O)C(O)C(C)(F)F)CC1.CC(C)N1CCN(C(=O)CC(C)(C)O)C2(CC2)C1.CC(C)N1CCN(C(=O)CC(C)(C)O)CC1.CC(O)C(=O)N1CCN(C(C)C)CC1.CC(O)CC(=O)N1CCN(C(C)C)CC1.CCC(C)(O)CC(=O)N1CCN(C(C)C)CC1. The van der Waals surface area contributed by atoms with Gasteiger partial charge >= 0.3 is 0 Å². The van der Waals surface area contributed by atoms with Gasteiger partial charge in [0.25, 0.3) is 35.5 Å². The van der Waals surface area contributed by atoms with Crippen LogP contribution in [0.2, 0.25) is 0 Å². The van der Waals surface area contributed by atoms with Gasteiger partial charge in [0.1, 0.15) is 23.9 Å². The van der Waals surface area contributed by atoms with Gasteiger partial charge in [-0.15, -0.1) is 0 Å². The van der Waals surface area contributed by atoms with Crippen LogP contribution in [0.4, 0.5) is 8.78 Å². The summed E-state index contributed by atoms with van der Waals surface area (Å²) in [4.78, 5) is 144. The maximum Gasteiger partial charge on any atom is 0.279 e. The average Bonchev–Trinajstić information content (AvgIpc) is 1.59. The van der Waals surface area contributed by atoms with Crippen molar-refractivity contribution in [3.63, 3.8) is 0 Å². The number of piperazine rings is 9. The lowest BCUT2D eigenvalue weighted by molar-refractivity contribution is -0.162. The van der Waals surface area contributed by atoms with E-state index in [4.69, 9.17) is 10.2 Å². The number of alkyl halides is 2. The Labute approximate surface area is 880 Å². The van der Waals surface area contributed by atoms with Crippen LogP contribution < -0.4 is 0 Å². The molecular formula is C108H212F2N18O18. The largest absolute Gasteiger partial charge is 0.393 e. The number of amides is 9. The van der Waals surface area contributed by atoms with Gasteiger partial charge in [0.2, 0.25) is 23.6 Å². The van der Waals surface area contributed by atoms with Crippen molar-refractivity contribution in [3.8, 4) is 0 Å². The van der Waals surface area contributed by atoms with Crippen LogP contribution in [0.1, 0.15) is 287 Å². The zero-order valence-corrected chi connectivity index (χ0v) is 97.6. The number of halogens is 2. The van der Waals surface area contributed by atoms with Gasteiger partial charge in [0.05, 0.1) is 54.1 Å². The molecule has 9 saturated heterocycles. The van der Waals surface area contributed by atoms with Crippen LogP contribution in [-0.4, -0.2) is 535 Å². The molecule has 6 unspecified atom stereocenters. The lowest BCUT2D eigenvalue weighted by Crippen LogP contribution is -2.59. The Balaban J connectivity index is 0.000000556. The summed E-state index contributed by atoms with van der Waals surface area (Å²) in [5.74, 6) is -4.09. The Morgan fingerprint density at radius 1 is 0.315 bits per heavy atom. The molecule has 856 valence electrons. The van der Waals surface area contributed by atoms with Crippen molar-refractivity contribution in [3.05, 3.63) is 0 Å². The highest BCUT2D eigenvalue weighted by atomic mass is 19.3. The summed E-state index contributed by atoms with van der Waals surface area (Å²) in [6.45, 7) is 94.5. The number of carbonyl (C=O) groups excluding carboxylic acids is 9. The number of carbonyl (C=O) groups is 9. The summed E-state index contributed by atoms with van der Waals surface area (Å²) in [5.41, 5.74) is -3.64. The zero-order valence-electron chi connectivity index (χ0n) is 97.6. The van der Waals surface area contributed by atoms with Gasteiger partial charge in [-0.3, -0.25) is 87.3 Å². The quantitative estimate of drug-likeness (QED) is 0.0478. The fourth-order valence-electron chi connectivity index (χ4n) is 18.5. The van der Waals surface area contributed by atoms with Crippen molar-refractivity contribution < 1.29 is 97.9 Å². The van der Waals surface area contributed by atoms with Gasteiger partial charge in [0.15, 0.2) is 6.10 Å². The van der Waals surface area contributed by atoms with E-state index >= 15 is 0 Å². The highest BCUT2D eigenvalue weighted by Crippen LogP contribution is 2.45. The predicted molar refractivity (Wildman–Crippen MR) is 576 cm³/mol. The third kappa shape index (κ3) is 50.5. The zero-order chi connectivity index (χ0) is 112. The molecule has 36 nitrogen and oxygen atoms in total. The molecule has 1 spiro atoms. The third-order valence-electron chi connectivity index (χ3n) is 29.1. The van der Waals surface area contributed by atoms with Crippen LogP contribution in [0, 0.1) is 11.8 Å². The molecule has 9 aliphatic heterocycles. The van der Waals surface area contributed by atoms with Gasteiger partial charge in [-0.1, -0.05) is 34.6 Å². The normalized spacial score (nSPS) is 20.9. The lowest BCUT2D eigenvalue weighted by Gasteiger charge is -2.44. The van der Waals surface area contributed by atoms with E-state index in [9.17, 15) is 87.7 Å². The topological polar surface area (TPSA) is 394 Å². The molecule has 1 aliphatic carbocycles. The van der Waals surface area contributed by atoms with Gasteiger partial charge in [-0.05, 0) is 231 Å². The van der Waals surface area contributed by atoms with Crippen molar-refractivity contribution in [2.75, 3.05) is 229 Å². The maximum atomic E-state index is 12.8. The van der Waals surface area contributed by atoms with Gasteiger partial charge in [0, 0.05) is 290 Å².